The highest BCUT2D eigenvalue weighted by atomic mass is 16.5. The molecule has 3 heteroatoms. The topological polar surface area (TPSA) is 29.5 Å². The Labute approximate surface area is 92.1 Å². The number of nitrogens with zero attached hydrogens (tertiary/aromatic N) is 1. The molecule has 0 atom stereocenters. The van der Waals surface area contributed by atoms with Gasteiger partial charge in [0.05, 0.1) is 0 Å². The fourth-order valence-electron chi connectivity index (χ4n) is 2.27. The minimum Gasteiger partial charge on any atom is -0.457 e. The Bertz CT molecular complexity index is 278. The van der Waals surface area contributed by atoms with Crippen LogP contribution in [0.25, 0.3) is 0 Å². The highest BCUT2D eigenvalue weighted by molar-refractivity contribution is 5.90. The second-order valence-corrected chi connectivity index (χ2v) is 5.86. The average molecular weight is 211 g/mol. The molecule has 0 unspecified atom stereocenters. The molecule has 0 saturated carbocycles. The molecule has 0 aromatic rings. The van der Waals surface area contributed by atoms with Crippen molar-refractivity contribution in [1.29, 1.82) is 0 Å². The van der Waals surface area contributed by atoms with E-state index in [-0.39, 0.29) is 17.0 Å². The van der Waals surface area contributed by atoms with Gasteiger partial charge in [-0.1, -0.05) is 0 Å². The number of rotatable bonds is 1. The molecule has 3 nitrogen and oxygen atoms in total. The summed E-state index contributed by atoms with van der Waals surface area (Å²) in [6, 6.07) is 0. The minimum atomic E-state index is -0.208. The maximum atomic E-state index is 11.6. The van der Waals surface area contributed by atoms with Gasteiger partial charge in [-0.2, -0.15) is 0 Å². The van der Waals surface area contributed by atoms with Gasteiger partial charge in [0.25, 0.3) is 0 Å². The van der Waals surface area contributed by atoms with Crippen molar-refractivity contribution in [2.75, 3.05) is 6.61 Å². The number of ether oxygens (including phenoxy) is 1. The van der Waals surface area contributed by atoms with E-state index in [1.165, 1.54) is 0 Å². The van der Waals surface area contributed by atoms with Gasteiger partial charge in [-0.25, -0.2) is 4.79 Å². The molecule has 1 aliphatic heterocycles. The molecule has 0 fully saturated rings. The largest absolute Gasteiger partial charge is 0.457 e. The first-order valence-electron chi connectivity index (χ1n) is 5.31. The first-order chi connectivity index (χ1) is 6.64. The van der Waals surface area contributed by atoms with Crippen LogP contribution in [0, 0.1) is 0 Å². The number of cyclic esters (lactones) is 1. The van der Waals surface area contributed by atoms with Gasteiger partial charge in [0.2, 0.25) is 0 Å². The Morgan fingerprint density at radius 2 is 1.60 bits per heavy atom. The fraction of sp³-hybridized carbons (Fsp3) is 0.750. The maximum absolute atomic E-state index is 11.6. The third-order valence-corrected chi connectivity index (χ3v) is 2.28. The molecule has 0 radical (unpaired) electrons. The highest BCUT2D eigenvalue weighted by Crippen LogP contribution is 2.31. The predicted molar refractivity (Wildman–Crippen MR) is 60.4 cm³/mol. The molecule has 0 aromatic carbocycles. The lowest BCUT2D eigenvalue weighted by Crippen LogP contribution is -2.52. The second-order valence-electron chi connectivity index (χ2n) is 5.86. The van der Waals surface area contributed by atoms with Crippen molar-refractivity contribution in [3.05, 3.63) is 11.8 Å². The van der Waals surface area contributed by atoms with Crippen LogP contribution in [0.2, 0.25) is 0 Å². The highest BCUT2D eigenvalue weighted by Gasteiger charge is 2.37. The molecule has 86 valence electrons. The van der Waals surface area contributed by atoms with Crippen molar-refractivity contribution in [2.24, 2.45) is 0 Å². The SMILES string of the molecule is CC(C)(C)N(C1=CCOC1=O)C(C)(C)C. The maximum Gasteiger partial charge on any atom is 0.354 e. The zero-order valence-electron chi connectivity index (χ0n) is 10.5. The molecule has 0 aliphatic carbocycles. The Morgan fingerprint density at radius 3 is 1.87 bits per heavy atom. The van der Waals surface area contributed by atoms with Crippen molar-refractivity contribution in [2.45, 2.75) is 52.6 Å². The van der Waals surface area contributed by atoms with Gasteiger partial charge in [-0.3, -0.25) is 0 Å². The van der Waals surface area contributed by atoms with Crippen LogP contribution in [0.3, 0.4) is 0 Å². The number of esters is 1. The van der Waals surface area contributed by atoms with Crippen molar-refractivity contribution in [3.63, 3.8) is 0 Å². The fourth-order valence-corrected chi connectivity index (χ4v) is 2.27. The van der Waals surface area contributed by atoms with Crippen LogP contribution in [0.4, 0.5) is 0 Å². The predicted octanol–water partition coefficient (Wildman–Crippen LogP) is 2.33. The number of carbonyl (C=O) groups is 1. The summed E-state index contributed by atoms with van der Waals surface area (Å²) in [5, 5.41) is 0. The van der Waals surface area contributed by atoms with E-state index >= 15 is 0 Å². The van der Waals surface area contributed by atoms with Gasteiger partial charge >= 0.3 is 5.97 Å². The van der Waals surface area contributed by atoms with Crippen molar-refractivity contribution in [1.82, 2.24) is 4.90 Å². The third-order valence-electron chi connectivity index (χ3n) is 2.28. The first kappa shape index (κ1) is 12.1. The molecular weight excluding hydrogens is 190 g/mol. The summed E-state index contributed by atoms with van der Waals surface area (Å²) in [7, 11) is 0. The van der Waals surface area contributed by atoms with E-state index in [9.17, 15) is 4.79 Å². The van der Waals surface area contributed by atoms with E-state index in [1.807, 2.05) is 6.08 Å². The van der Waals surface area contributed by atoms with Gasteiger partial charge in [-0.05, 0) is 47.6 Å². The quantitative estimate of drug-likeness (QED) is 0.623. The lowest BCUT2D eigenvalue weighted by Gasteiger charge is -2.46. The zero-order valence-corrected chi connectivity index (χ0v) is 10.5. The molecule has 0 amide bonds. The lowest BCUT2D eigenvalue weighted by atomic mass is 9.95. The van der Waals surface area contributed by atoms with Gasteiger partial charge in [0.15, 0.2) is 0 Å². The normalized spacial score (nSPS) is 17.5. The standard InChI is InChI=1S/C12H21NO2/c1-11(2,3)13(12(4,5)6)9-7-8-15-10(9)14/h7H,8H2,1-6H3. The lowest BCUT2D eigenvalue weighted by molar-refractivity contribution is -0.139. The van der Waals surface area contributed by atoms with Gasteiger partial charge in [0, 0.05) is 11.1 Å². The first-order valence-corrected chi connectivity index (χ1v) is 5.31. The van der Waals surface area contributed by atoms with Gasteiger partial charge < -0.3 is 9.64 Å². The molecular formula is C12H21NO2. The van der Waals surface area contributed by atoms with Crippen LogP contribution in [0.5, 0.6) is 0 Å². The Hall–Kier alpha value is -0.990. The van der Waals surface area contributed by atoms with E-state index in [1.54, 1.807) is 0 Å². The van der Waals surface area contributed by atoms with Crippen LogP contribution in [-0.2, 0) is 9.53 Å². The molecule has 0 aromatic heterocycles. The van der Waals surface area contributed by atoms with E-state index in [4.69, 9.17) is 4.74 Å². The van der Waals surface area contributed by atoms with Crippen LogP contribution in [-0.4, -0.2) is 28.6 Å². The molecule has 1 aliphatic rings. The average Bonchev–Trinajstić information content (AvgIpc) is 2.30. The molecule has 15 heavy (non-hydrogen) atoms. The number of hydrogen-bond donors (Lipinski definition) is 0. The molecule has 1 rings (SSSR count). The van der Waals surface area contributed by atoms with E-state index < -0.39 is 0 Å². The van der Waals surface area contributed by atoms with Crippen LogP contribution >= 0.6 is 0 Å². The summed E-state index contributed by atoms with van der Waals surface area (Å²) < 4.78 is 4.96. The van der Waals surface area contributed by atoms with Crippen molar-refractivity contribution >= 4 is 5.97 Å². The van der Waals surface area contributed by atoms with E-state index in [0.717, 1.165) is 0 Å². The van der Waals surface area contributed by atoms with Crippen LogP contribution in [0.15, 0.2) is 11.8 Å². The monoisotopic (exact) mass is 211 g/mol. The molecule has 0 bridgehead atoms. The summed E-state index contributed by atoms with van der Waals surface area (Å²) >= 11 is 0. The molecule has 0 saturated heterocycles. The van der Waals surface area contributed by atoms with E-state index in [0.29, 0.717) is 12.3 Å². The van der Waals surface area contributed by atoms with Crippen LogP contribution in [0.1, 0.15) is 41.5 Å². The third kappa shape index (κ3) is 2.52. The van der Waals surface area contributed by atoms with Gasteiger partial charge in [-0.15, -0.1) is 0 Å². The summed E-state index contributed by atoms with van der Waals surface area (Å²) in [5.41, 5.74) is 0.510. The Balaban J connectivity index is 3.08. The molecule has 1 heterocycles. The van der Waals surface area contributed by atoms with Crippen molar-refractivity contribution in [3.8, 4) is 0 Å². The Morgan fingerprint density at radius 1 is 1.13 bits per heavy atom. The Kier molecular flexibility index (Phi) is 2.85. The summed E-state index contributed by atoms with van der Waals surface area (Å²) in [5.74, 6) is -0.208. The van der Waals surface area contributed by atoms with E-state index in [2.05, 4.69) is 46.4 Å². The number of carbonyl (C=O) groups excluding carboxylic acids is 1. The number of hydrogen-bond acceptors (Lipinski definition) is 3. The van der Waals surface area contributed by atoms with Crippen LogP contribution < -0.4 is 0 Å². The zero-order chi connectivity index (χ0) is 11.9. The summed E-state index contributed by atoms with van der Waals surface area (Å²) in [6.45, 7) is 13.0. The molecule has 0 N–H and O–H groups in total. The molecule has 0 spiro atoms. The summed E-state index contributed by atoms with van der Waals surface area (Å²) in [4.78, 5) is 13.7. The van der Waals surface area contributed by atoms with Crippen molar-refractivity contribution < 1.29 is 9.53 Å². The smallest absolute Gasteiger partial charge is 0.354 e. The minimum absolute atomic E-state index is 0.0898. The second kappa shape index (κ2) is 3.54. The summed E-state index contributed by atoms with van der Waals surface area (Å²) in [6.07, 6.45) is 1.86. The van der Waals surface area contributed by atoms with Gasteiger partial charge in [0.1, 0.15) is 12.3 Å².